The molecule has 2 aromatic carbocycles. The van der Waals surface area contributed by atoms with Gasteiger partial charge in [-0.15, -0.1) is 0 Å². The first kappa shape index (κ1) is 23.9. The number of carbonyl (C=O) groups excluding carboxylic acids is 2. The number of hydrogen-bond donors (Lipinski definition) is 1. The summed E-state index contributed by atoms with van der Waals surface area (Å²) in [7, 11) is 0. The van der Waals surface area contributed by atoms with Crippen LogP contribution < -0.4 is 5.32 Å². The number of carbonyl (C=O) groups is 2. The van der Waals surface area contributed by atoms with Crippen LogP contribution >= 0.6 is 0 Å². The van der Waals surface area contributed by atoms with Crippen LogP contribution in [0.3, 0.4) is 0 Å². The summed E-state index contributed by atoms with van der Waals surface area (Å²) in [6, 6.07) is 17.1. The summed E-state index contributed by atoms with van der Waals surface area (Å²) >= 11 is 0. The fraction of sp³-hybridized carbons (Fsp3) is 0.310. The predicted octanol–water partition coefficient (Wildman–Crippen LogP) is 5.04. The molecule has 0 radical (unpaired) electrons. The van der Waals surface area contributed by atoms with E-state index >= 15 is 0 Å². The molecule has 5 rings (SSSR count). The van der Waals surface area contributed by atoms with Gasteiger partial charge in [0.1, 0.15) is 0 Å². The molecule has 3 heterocycles. The SMILES string of the molecule is CCCN1CCc2nc3ccccc3c(C(=O)OC(C)C(=O)Nc3cc(C)nc4ccccc34)c2C1. The molecule has 1 N–H and O–H groups in total. The molecule has 7 nitrogen and oxygen atoms in total. The highest BCUT2D eigenvalue weighted by Crippen LogP contribution is 2.29. The molecule has 0 saturated carbocycles. The number of pyridine rings is 2. The van der Waals surface area contributed by atoms with Crippen LogP contribution in [0, 0.1) is 6.92 Å². The van der Waals surface area contributed by atoms with Crippen LogP contribution in [0.1, 0.15) is 47.6 Å². The van der Waals surface area contributed by atoms with Crippen molar-refractivity contribution in [3.63, 3.8) is 0 Å². The predicted molar refractivity (Wildman–Crippen MR) is 141 cm³/mol. The fourth-order valence-corrected chi connectivity index (χ4v) is 4.90. The van der Waals surface area contributed by atoms with Gasteiger partial charge in [0.15, 0.2) is 6.10 Å². The highest BCUT2D eigenvalue weighted by molar-refractivity contribution is 6.07. The smallest absolute Gasteiger partial charge is 0.339 e. The molecule has 1 aliphatic heterocycles. The molecule has 7 heteroatoms. The van der Waals surface area contributed by atoms with E-state index in [4.69, 9.17) is 9.72 Å². The lowest BCUT2D eigenvalue weighted by Gasteiger charge is -2.29. The highest BCUT2D eigenvalue weighted by atomic mass is 16.5. The Morgan fingerprint density at radius 1 is 1.06 bits per heavy atom. The van der Waals surface area contributed by atoms with Gasteiger partial charge < -0.3 is 10.1 Å². The van der Waals surface area contributed by atoms with Crippen molar-refractivity contribution in [2.75, 3.05) is 18.4 Å². The monoisotopic (exact) mass is 482 g/mol. The third kappa shape index (κ3) is 4.66. The Kier molecular flexibility index (Phi) is 6.65. The van der Waals surface area contributed by atoms with Crippen molar-refractivity contribution >= 4 is 39.4 Å². The molecule has 0 aliphatic carbocycles. The van der Waals surface area contributed by atoms with E-state index in [-0.39, 0.29) is 5.91 Å². The van der Waals surface area contributed by atoms with Crippen LogP contribution in [0.15, 0.2) is 54.6 Å². The lowest BCUT2D eigenvalue weighted by Crippen LogP contribution is -2.34. The average molecular weight is 483 g/mol. The number of hydrogen-bond acceptors (Lipinski definition) is 6. The van der Waals surface area contributed by atoms with Crippen LogP contribution in [-0.2, 0) is 22.5 Å². The van der Waals surface area contributed by atoms with Gasteiger partial charge in [0.25, 0.3) is 5.91 Å². The van der Waals surface area contributed by atoms with Gasteiger partial charge in [0.05, 0.1) is 22.3 Å². The molecule has 1 atom stereocenters. The van der Waals surface area contributed by atoms with Gasteiger partial charge in [-0.1, -0.05) is 43.3 Å². The summed E-state index contributed by atoms with van der Waals surface area (Å²) < 4.78 is 5.77. The molecule has 184 valence electrons. The second-order valence-corrected chi connectivity index (χ2v) is 9.32. The van der Waals surface area contributed by atoms with Crippen LogP contribution in [0.25, 0.3) is 21.8 Å². The maximum Gasteiger partial charge on any atom is 0.339 e. The number of anilines is 1. The van der Waals surface area contributed by atoms with E-state index < -0.39 is 12.1 Å². The quantitative estimate of drug-likeness (QED) is 0.388. The van der Waals surface area contributed by atoms with Gasteiger partial charge >= 0.3 is 5.97 Å². The van der Waals surface area contributed by atoms with Crippen molar-refractivity contribution in [2.24, 2.45) is 0 Å². The van der Waals surface area contributed by atoms with Crippen molar-refractivity contribution in [1.82, 2.24) is 14.9 Å². The number of nitrogens with zero attached hydrogens (tertiary/aromatic N) is 3. The van der Waals surface area contributed by atoms with E-state index in [1.807, 2.05) is 61.5 Å². The minimum absolute atomic E-state index is 0.390. The number of esters is 1. The summed E-state index contributed by atoms with van der Waals surface area (Å²) in [4.78, 5) is 38.4. The summed E-state index contributed by atoms with van der Waals surface area (Å²) in [6.07, 6.45) is 0.837. The molecular weight excluding hydrogens is 452 g/mol. The number of aryl methyl sites for hydroxylation is 1. The number of benzene rings is 2. The molecule has 2 aromatic heterocycles. The van der Waals surface area contributed by atoms with Crippen molar-refractivity contribution in [2.45, 2.75) is 46.3 Å². The third-order valence-electron chi connectivity index (χ3n) is 6.62. The van der Waals surface area contributed by atoms with Gasteiger partial charge in [0, 0.05) is 47.2 Å². The van der Waals surface area contributed by atoms with E-state index in [0.29, 0.717) is 17.8 Å². The summed E-state index contributed by atoms with van der Waals surface area (Å²) in [6.45, 7) is 8.15. The molecule has 1 unspecified atom stereocenters. The number of aromatic nitrogens is 2. The molecule has 36 heavy (non-hydrogen) atoms. The van der Waals surface area contributed by atoms with E-state index in [9.17, 15) is 9.59 Å². The molecule has 4 aromatic rings. The molecule has 1 amide bonds. The number of amides is 1. The number of para-hydroxylation sites is 2. The molecule has 0 saturated heterocycles. The Morgan fingerprint density at radius 3 is 2.50 bits per heavy atom. The van der Waals surface area contributed by atoms with Crippen molar-refractivity contribution in [3.05, 3.63) is 77.1 Å². The highest BCUT2D eigenvalue weighted by Gasteiger charge is 2.28. The Morgan fingerprint density at radius 2 is 1.75 bits per heavy atom. The van der Waals surface area contributed by atoms with Crippen LogP contribution in [0.4, 0.5) is 5.69 Å². The number of fused-ring (bicyclic) bond motifs is 3. The molecule has 0 bridgehead atoms. The topological polar surface area (TPSA) is 84.4 Å². The van der Waals surface area contributed by atoms with Gasteiger partial charge in [-0.05, 0) is 45.0 Å². The number of ether oxygens (including phenoxy) is 1. The molecule has 0 fully saturated rings. The first-order valence-electron chi connectivity index (χ1n) is 12.5. The van der Waals surface area contributed by atoms with E-state index in [1.165, 1.54) is 0 Å². The zero-order valence-corrected chi connectivity index (χ0v) is 20.9. The summed E-state index contributed by atoms with van der Waals surface area (Å²) in [5.74, 6) is -0.888. The number of rotatable bonds is 6. The van der Waals surface area contributed by atoms with Gasteiger partial charge in [-0.2, -0.15) is 0 Å². The first-order valence-corrected chi connectivity index (χ1v) is 12.5. The zero-order valence-electron chi connectivity index (χ0n) is 20.9. The van der Waals surface area contributed by atoms with Crippen LogP contribution in [0.5, 0.6) is 0 Å². The van der Waals surface area contributed by atoms with E-state index in [2.05, 4.69) is 22.1 Å². The first-order chi connectivity index (χ1) is 17.4. The average Bonchev–Trinajstić information content (AvgIpc) is 2.87. The Balaban J connectivity index is 1.43. The Bertz CT molecular complexity index is 1470. The van der Waals surface area contributed by atoms with E-state index in [1.54, 1.807) is 6.92 Å². The van der Waals surface area contributed by atoms with Gasteiger partial charge in [-0.25, -0.2) is 4.79 Å². The molecular formula is C29H30N4O3. The van der Waals surface area contributed by atoms with Crippen LogP contribution in [0.2, 0.25) is 0 Å². The summed E-state index contributed by atoms with van der Waals surface area (Å²) in [5, 5.41) is 4.52. The summed E-state index contributed by atoms with van der Waals surface area (Å²) in [5.41, 5.74) is 5.35. The van der Waals surface area contributed by atoms with E-state index in [0.717, 1.165) is 64.7 Å². The number of nitrogens with one attached hydrogen (secondary N) is 1. The fourth-order valence-electron chi connectivity index (χ4n) is 4.90. The standard InChI is InChI=1S/C29H30N4O3/c1-4-14-33-15-13-25-22(17-33)27(21-10-6-8-12-24(21)31-25)29(35)36-19(3)28(34)32-26-16-18(2)30-23-11-7-5-9-20(23)26/h5-12,16,19H,4,13-15,17H2,1-3H3,(H,30,32,34). The van der Waals surface area contributed by atoms with Crippen molar-refractivity contribution < 1.29 is 14.3 Å². The Labute approximate surface area is 210 Å². The second-order valence-electron chi connectivity index (χ2n) is 9.32. The Hall–Kier alpha value is -3.84. The van der Waals surface area contributed by atoms with Crippen LogP contribution in [-0.4, -0.2) is 45.9 Å². The maximum atomic E-state index is 13.6. The lowest BCUT2D eigenvalue weighted by molar-refractivity contribution is -0.123. The van der Waals surface area contributed by atoms with Crippen molar-refractivity contribution in [3.8, 4) is 0 Å². The second kappa shape index (κ2) is 10.0. The largest absolute Gasteiger partial charge is 0.449 e. The third-order valence-corrected chi connectivity index (χ3v) is 6.62. The lowest BCUT2D eigenvalue weighted by atomic mass is 9.95. The van der Waals surface area contributed by atoms with Crippen molar-refractivity contribution in [1.29, 1.82) is 0 Å². The van der Waals surface area contributed by atoms with Gasteiger partial charge in [-0.3, -0.25) is 19.7 Å². The molecule has 1 aliphatic rings. The maximum absolute atomic E-state index is 13.6. The minimum atomic E-state index is -0.984. The minimum Gasteiger partial charge on any atom is -0.449 e. The zero-order chi connectivity index (χ0) is 25.2. The van der Waals surface area contributed by atoms with Gasteiger partial charge in [0.2, 0.25) is 0 Å². The molecule has 0 spiro atoms. The normalized spacial score (nSPS) is 14.4.